The van der Waals surface area contributed by atoms with Crippen LogP contribution in [0, 0.1) is 5.92 Å². The maximum atomic E-state index is 5.78. The molecule has 96 valence electrons. The van der Waals surface area contributed by atoms with Gasteiger partial charge in [-0.1, -0.05) is 33.1 Å². The fourth-order valence-electron chi connectivity index (χ4n) is 2.56. The van der Waals surface area contributed by atoms with Crippen LogP contribution in [0.3, 0.4) is 0 Å². The van der Waals surface area contributed by atoms with Gasteiger partial charge in [0.05, 0.1) is 12.7 Å². The summed E-state index contributed by atoms with van der Waals surface area (Å²) in [6.07, 6.45) is 8.55. The van der Waals surface area contributed by atoms with Gasteiger partial charge in [-0.15, -0.1) is 0 Å². The minimum absolute atomic E-state index is 0.410. The Kier molecular flexibility index (Phi) is 7.06. The van der Waals surface area contributed by atoms with Gasteiger partial charge in [0.15, 0.2) is 0 Å². The van der Waals surface area contributed by atoms with Crippen molar-refractivity contribution in [2.24, 2.45) is 5.92 Å². The lowest BCUT2D eigenvalue weighted by atomic mass is 9.96. The predicted octanol–water partition coefficient (Wildman–Crippen LogP) is 3.36. The van der Waals surface area contributed by atoms with Crippen LogP contribution in [0.5, 0.6) is 0 Å². The molecule has 1 aliphatic carbocycles. The lowest BCUT2D eigenvalue weighted by Crippen LogP contribution is -2.34. The molecule has 0 aromatic heterocycles. The molecule has 1 rings (SSSR count). The van der Waals surface area contributed by atoms with E-state index in [0.29, 0.717) is 6.10 Å². The topological polar surface area (TPSA) is 21.3 Å². The number of hydrogen-bond acceptors (Lipinski definition) is 2. The molecule has 16 heavy (non-hydrogen) atoms. The second-order valence-electron chi connectivity index (χ2n) is 5.60. The minimum atomic E-state index is 0.410. The van der Waals surface area contributed by atoms with Crippen molar-refractivity contribution in [1.82, 2.24) is 5.32 Å². The molecule has 0 radical (unpaired) electrons. The van der Waals surface area contributed by atoms with E-state index < -0.39 is 0 Å². The first-order chi connectivity index (χ1) is 7.68. The zero-order chi connectivity index (χ0) is 11.8. The molecular formula is C14H29NO. The van der Waals surface area contributed by atoms with Gasteiger partial charge < -0.3 is 10.1 Å². The number of rotatable bonds is 7. The third-order valence-corrected chi connectivity index (χ3v) is 3.35. The van der Waals surface area contributed by atoms with Gasteiger partial charge in [-0.3, -0.25) is 0 Å². The van der Waals surface area contributed by atoms with Crippen molar-refractivity contribution >= 4 is 0 Å². The summed E-state index contributed by atoms with van der Waals surface area (Å²) in [6, 6.07) is 0.762. The van der Waals surface area contributed by atoms with E-state index in [1.807, 2.05) is 0 Å². The highest BCUT2D eigenvalue weighted by Gasteiger charge is 2.12. The van der Waals surface area contributed by atoms with Crippen LogP contribution in [0.25, 0.3) is 0 Å². The Morgan fingerprint density at radius 3 is 2.44 bits per heavy atom. The van der Waals surface area contributed by atoms with Gasteiger partial charge in [0.1, 0.15) is 0 Å². The van der Waals surface area contributed by atoms with Crippen LogP contribution in [-0.4, -0.2) is 25.3 Å². The standard InChI is InChI=1S/C14H29NO/c1-12(2)11-13(3)16-10-9-15-14-7-5-4-6-8-14/h12-15H,4-11H2,1-3H3. The van der Waals surface area contributed by atoms with Crippen LogP contribution in [0.4, 0.5) is 0 Å². The van der Waals surface area contributed by atoms with Crippen molar-refractivity contribution in [2.75, 3.05) is 13.2 Å². The lowest BCUT2D eigenvalue weighted by Gasteiger charge is -2.23. The summed E-state index contributed by atoms with van der Waals surface area (Å²) < 4.78 is 5.78. The number of nitrogens with one attached hydrogen (secondary N) is 1. The van der Waals surface area contributed by atoms with Crippen LogP contribution in [0.1, 0.15) is 59.3 Å². The molecule has 0 heterocycles. The van der Waals surface area contributed by atoms with Crippen LogP contribution in [0.15, 0.2) is 0 Å². The Morgan fingerprint density at radius 2 is 1.81 bits per heavy atom. The molecule has 1 N–H and O–H groups in total. The first kappa shape index (κ1) is 14.0. The van der Waals surface area contributed by atoms with E-state index in [1.54, 1.807) is 0 Å². The normalized spacial score (nSPS) is 20.2. The first-order valence-electron chi connectivity index (χ1n) is 7.03. The van der Waals surface area contributed by atoms with Gasteiger partial charge in [-0.2, -0.15) is 0 Å². The maximum absolute atomic E-state index is 5.78. The maximum Gasteiger partial charge on any atom is 0.0594 e. The molecule has 0 aromatic carbocycles. The van der Waals surface area contributed by atoms with E-state index in [2.05, 4.69) is 26.1 Å². The Labute approximate surface area is 101 Å². The third-order valence-electron chi connectivity index (χ3n) is 3.35. The molecule has 2 nitrogen and oxygen atoms in total. The van der Waals surface area contributed by atoms with E-state index in [0.717, 1.165) is 25.1 Å². The lowest BCUT2D eigenvalue weighted by molar-refractivity contribution is 0.0522. The quantitative estimate of drug-likeness (QED) is 0.673. The highest BCUT2D eigenvalue weighted by atomic mass is 16.5. The summed E-state index contributed by atoms with van der Waals surface area (Å²) >= 11 is 0. The smallest absolute Gasteiger partial charge is 0.0594 e. The molecule has 1 fully saturated rings. The zero-order valence-electron chi connectivity index (χ0n) is 11.3. The molecule has 0 saturated heterocycles. The Balaban J connectivity index is 1.94. The van der Waals surface area contributed by atoms with Gasteiger partial charge in [0, 0.05) is 12.6 Å². The number of hydrogen-bond donors (Lipinski definition) is 1. The molecule has 2 heteroatoms. The van der Waals surface area contributed by atoms with Crippen molar-refractivity contribution in [3.8, 4) is 0 Å². The third kappa shape index (κ3) is 6.49. The van der Waals surface area contributed by atoms with E-state index in [1.165, 1.54) is 38.5 Å². The molecule has 0 amide bonds. The summed E-state index contributed by atoms with van der Waals surface area (Å²) in [7, 11) is 0. The van der Waals surface area contributed by atoms with Crippen molar-refractivity contribution in [3.05, 3.63) is 0 Å². The van der Waals surface area contributed by atoms with Gasteiger partial charge in [-0.05, 0) is 32.1 Å². The van der Waals surface area contributed by atoms with Gasteiger partial charge in [-0.25, -0.2) is 0 Å². The van der Waals surface area contributed by atoms with Crippen molar-refractivity contribution < 1.29 is 4.74 Å². The molecular weight excluding hydrogens is 198 g/mol. The Morgan fingerprint density at radius 1 is 1.12 bits per heavy atom. The highest BCUT2D eigenvalue weighted by molar-refractivity contribution is 4.71. The molecule has 0 aliphatic heterocycles. The predicted molar refractivity (Wildman–Crippen MR) is 69.7 cm³/mol. The summed E-state index contributed by atoms with van der Waals surface area (Å²) in [6.45, 7) is 8.57. The second-order valence-corrected chi connectivity index (χ2v) is 5.60. The molecule has 0 bridgehead atoms. The van der Waals surface area contributed by atoms with Gasteiger partial charge in [0.2, 0.25) is 0 Å². The monoisotopic (exact) mass is 227 g/mol. The average molecular weight is 227 g/mol. The van der Waals surface area contributed by atoms with Crippen molar-refractivity contribution in [2.45, 2.75) is 71.4 Å². The molecule has 1 aliphatic rings. The second kappa shape index (κ2) is 8.08. The molecule has 1 atom stereocenters. The highest BCUT2D eigenvalue weighted by Crippen LogP contribution is 2.17. The van der Waals surface area contributed by atoms with Crippen LogP contribution in [0.2, 0.25) is 0 Å². The van der Waals surface area contributed by atoms with Crippen LogP contribution >= 0.6 is 0 Å². The van der Waals surface area contributed by atoms with E-state index in [-0.39, 0.29) is 0 Å². The molecule has 0 aromatic rings. The molecule has 0 spiro atoms. The average Bonchev–Trinajstić information content (AvgIpc) is 2.25. The largest absolute Gasteiger partial charge is 0.377 e. The summed E-state index contributed by atoms with van der Waals surface area (Å²) in [5.74, 6) is 0.737. The summed E-state index contributed by atoms with van der Waals surface area (Å²) in [5.41, 5.74) is 0. The van der Waals surface area contributed by atoms with E-state index in [4.69, 9.17) is 4.74 Å². The van der Waals surface area contributed by atoms with Crippen molar-refractivity contribution in [3.63, 3.8) is 0 Å². The Bertz CT molecular complexity index is 164. The number of ether oxygens (including phenoxy) is 1. The van der Waals surface area contributed by atoms with Crippen LogP contribution < -0.4 is 5.32 Å². The van der Waals surface area contributed by atoms with E-state index >= 15 is 0 Å². The fourth-order valence-corrected chi connectivity index (χ4v) is 2.56. The summed E-state index contributed by atoms with van der Waals surface area (Å²) in [4.78, 5) is 0. The first-order valence-corrected chi connectivity index (χ1v) is 7.03. The van der Waals surface area contributed by atoms with Crippen molar-refractivity contribution in [1.29, 1.82) is 0 Å². The zero-order valence-corrected chi connectivity index (χ0v) is 11.3. The molecule has 1 saturated carbocycles. The summed E-state index contributed by atoms with van der Waals surface area (Å²) in [5, 5.41) is 3.61. The van der Waals surface area contributed by atoms with Gasteiger partial charge in [0.25, 0.3) is 0 Å². The SMILES string of the molecule is CC(C)CC(C)OCCNC1CCCCC1. The van der Waals surface area contributed by atoms with Gasteiger partial charge >= 0.3 is 0 Å². The fraction of sp³-hybridized carbons (Fsp3) is 1.00. The van der Waals surface area contributed by atoms with E-state index in [9.17, 15) is 0 Å². The molecule has 1 unspecified atom stereocenters. The minimum Gasteiger partial charge on any atom is -0.377 e. The Hall–Kier alpha value is -0.0800. The van der Waals surface area contributed by atoms with Crippen LogP contribution in [-0.2, 0) is 4.74 Å².